The van der Waals surface area contributed by atoms with Gasteiger partial charge in [0.2, 0.25) is 11.8 Å². The second-order valence-corrected chi connectivity index (χ2v) is 7.13. The van der Waals surface area contributed by atoms with Gasteiger partial charge in [0.15, 0.2) is 5.65 Å². The van der Waals surface area contributed by atoms with Crippen LogP contribution in [0.2, 0.25) is 0 Å². The molecule has 1 saturated heterocycles. The predicted octanol–water partition coefficient (Wildman–Crippen LogP) is 1.38. The van der Waals surface area contributed by atoms with Crippen molar-refractivity contribution in [3.63, 3.8) is 0 Å². The highest BCUT2D eigenvalue weighted by molar-refractivity contribution is 5.87. The maximum absolute atomic E-state index is 12.3. The van der Waals surface area contributed by atoms with Gasteiger partial charge in [-0.15, -0.1) is 35.0 Å². The highest BCUT2D eigenvalue weighted by Crippen LogP contribution is 2.27. The Hall–Kier alpha value is -1.90. The van der Waals surface area contributed by atoms with Crippen molar-refractivity contribution in [2.45, 2.75) is 38.6 Å². The summed E-state index contributed by atoms with van der Waals surface area (Å²) in [6.45, 7) is 5.06. The van der Waals surface area contributed by atoms with Crippen molar-refractivity contribution in [1.82, 2.24) is 24.8 Å². The Bertz CT molecular complexity index is 789. The van der Waals surface area contributed by atoms with E-state index in [1.54, 1.807) is 4.90 Å². The van der Waals surface area contributed by atoms with Crippen LogP contribution in [-0.2, 0) is 9.59 Å². The predicted molar refractivity (Wildman–Crippen MR) is 112 cm³/mol. The van der Waals surface area contributed by atoms with E-state index >= 15 is 0 Å². The minimum absolute atomic E-state index is 0. The molecule has 0 unspecified atom stereocenters. The number of nitrogens with zero attached hydrogens (tertiary/aromatic N) is 4. The van der Waals surface area contributed by atoms with E-state index in [-0.39, 0.29) is 55.0 Å². The third-order valence-corrected chi connectivity index (χ3v) is 4.99. The van der Waals surface area contributed by atoms with Gasteiger partial charge < -0.3 is 16.0 Å². The van der Waals surface area contributed by atoms with Crippen molar-refractivity contribution in [2.24, 2.45) is 11.7 Å². The highest BCUT2D eigenvalue weighted by Gasteiger charge is 2.27. The van der Waals surface area contributed by atoms with E-state index in [1.165, 1.54) is 0 Å². The maximum Gasteiger partial charge on any atom is 0.241 e. The highest BCUT2D eigenvalue weighted by atomic mass is 35.5. The molecule has 1 fully saturated rings. The van der Waals surface area contributed by atoms with E-state index in [4.69, 9.17) is 5.73 Å². The summed E-state index contributed by atoms with van der Waals surface area (Å²) < 4.78 is 2.01. The number of nitrogens with two attached hydrogens (primary N) is 1. The number of rotatable bonds is 5. The van der Waals surface area contributed by atoms with Crippen LogP contribution in [-0.4, -0.2) is 57.0 Å². The van der Waals surface area contributed by atoms with Crippen LogP contribution in [0.25, 0.3) is 5.65 Å². The lowest BCUT2D eigenvalue weighted by atomic mass is 9.96. The summed E-state index contributed by atoms with van der Waals surface area (Å²) in [5.74, 6) is 0.917. The Labute approximate surface area is 177 Å². The molecule has 8 nitrogen and oxygen atoms in total. The summed E-state index contributed by atoms with van der Waals surface area (Å²) in [4.78, 5) is 26.0. The number of aromatic nitrogens is 3. The lowest BCUT2D eigenvalue weighted by molar-refractivity contribution is -0.134. The first-order valence-corrected chi connectivity index (χ1v) is 9.08. The first kappa shape index (κ1) is 24.1. The molecule has 3 heterocycles. The third kappa shape index (κ3) is 5.33. The standard InChI is InChI=1S/C18H26N6O2.2ClH/c1-12(2)16(19)18(26)20-11-15(25)23-9-6-13(7-10-23)17-22-21-14-5-3-4-8-24(14)17;;/h3-5,8,12-13,16H,6-7,9-11,19H2,1-2H3,(H,20,26);2*1H/t16-;;/m0../s1. The minimum Gasteiger partial charge on any atom is -0.346 e. The lowest BCUT2D eigenvalue weighted by Gasteiger charge is -2.31. The van der Waals surface area contributed by atoms with Crippen LogP contribution in [0.1, 0.15) is 38.4 Å². The molecule has 3 rings (SSSR count). The number of hydrogen-bond acceptors (Lipinski definition) is 5. The van der Waals surface area contributed by atoms with E-state index in [1.807, 2.05) is 42.6 Å². The van der Waals surface area contributed by atoms with Crippen LogP contribution >= 0.6 is 24.8 Å². The van der Waals surface area contributed by atoms with Gasteiger partial charge in [0, 0.05) is 25.2 Å². The number of piperidine rings is 1. The second kappa shape index (κ2) is 10.6. The fourth-order valence-electron chi connectivity index (χ4n) is 3.22. The van der Waals surface area contributed by atoms with Crippen LogP contribution in [0.5, 0.6) is 0 Å². The molecule has 1 aliphatic heterocycles. The van der Waals surface area contributed by atoms with Gasteiger partial charge in [0.25, 0.3) is 0 Å². The fraction of sp³-hybridized carbons (Fsp3) is 0.556. The van der Waals surface area contributed by atoms with Crippen molar-refractivity contribution in [3.8, 4) is 0 Å². The van der Waals surface area contributed by atoms with Crippen LogP contribution in [0.4, 0.5) is 0 Å². The molecule has 0 saturated carbocycles. The number of pyridine rings is 1. The number of nitrogens with one attached hydrogen (secondary N) is 1. The lowest BCUT2D eigenvalue weighted by Crippen LogP contribution is -2.49. The average Bonchev–Trinajstić information content (AvgIpc) is 3.09. The number of halogens is 2. The summed E-state index contributed by atoms with van der Waals surface area (Å²) in [7, 11) is 0. The molecule has 28 heavy (non-hydrogen) atoms. The molecule has 0 bridgehead atoms. The van der Waals surface area contributed by atoms with Gasteiger partial charge in [-0.3, -0.25) is 14.0 Å². The molecule has 2 amide bonds. The molecule has 2 aromatic rings. The van der Waals surface area contributed by atoms with Crippen LogP contribution < -0.4 is 11.1 Å². The molecule has 1 aliphatic rings. The van der Waals surface area contributed by atoms with E-state index in [9.17, 15) is 9.59 Å². The number of carbonyl (C=O) groups excluding carboxylic acids is 2. The van der Waals surface area contributed by atoms with Gasteiger partial charge >= 0.3 is 0 Å². The maximum atomic E-state index is 12.3. The number of hydrogen-bond donors (Lipinski definition) is 2. The summed E-state index contributed by atoms with van der Waals surface area (Å²) in [5, 5.41) is 11.2. The van der Waals surface area contributed by atoms with Crippen molar-refractivity contribution in [2.75, 3.05) is 19.6 Å². The summed E-state index contributed by atoms with van der Waals surface area (Å²) >= 11 is 0. The molecule has 10 heteroatoms. The molecular weight excluding hydrogens is 403 g/mol. The van der Waals surface area contributed by atoms with Crippen molar-refractivity contribution in [3.05, 3.63) is 30.2 Å². The number of likely N-dealkylation sites (tertiary alicyclic amines) is 1. The van der Waals surface area contributed by atoms with E-state index in [0.717, 1.165) is 24.3 Å². The smallest absolute Gasteiger partial charge is 0.241 e. The van der Waals surface area contributed by atoms with Crippen molar-refractivity contribution in [1.29, 1.82) is 0 Å². The summed E-state index contributed by atoms with van der Waals surface area (Å²) in [5.41, 5.74) is 6.63. The molecule has 0 radical (unpaired) electrons. The zero-order valence-electron chi connectivity index (χ0n) is 16.1. The van der Waals surface area contributed by atoms with Gasteiger partial charge in [-0.2, -0.15) is 0 Å². The van der Waals surface area contributed by atoms with E-state index < -0.39 is 6.04 Å². The molecule has 1 atom stereocenters. The van der Waals surface area contributed by atoms with Crippen LogP contribution in [0, 0.1) is 5.92 Å². The Morgan fingerprint density at radius 3 is 2.54 bits per heavy atom. The van der Waals surface area contributed by atoms with Gasteiger partial charge in [0.05, 0.1) is 12.6 Å². The molecule has 3 N–H and O–H groups in total. The minimum atomic E-state index is -0.588. The Balaban J connectivity index is 0.00000196. The van der Waals surface area contributed by atoms with Gasteiger partial charge in [0.1, 0.15) is 5.82 Å². The van der Waals surface area contributed by atoms with E-state index in [2.05, 4.69) is 15.5 Å². The third-order valence-electron chi connectivity index (χ3n) is 4.99. The van der Waals surface area contributed by atoms with Gasteiger partial charge in [-0.05, 0) is 30.9 Å². The molecule has 0 aliphatic carbocycles. The average molecular weight is 431 g/mol. The normalized spacial score (nSPS) is 15.6. The SMILES string of the molecule is CC(C)[C@H](N)C(=O)NCC(=O)N1CCC(c2nnc3ccccn23)CC1.Cl.Cl. The van der Waals surface area contributed by atoms with Crippen LogP contribution in [0.3, 0.4) is 0 Å². The monoisotopic (exact) mass is 430 g/mol. The molecular formula is C18H28Cl2N6O2. The fourth-order valence-corrected chi connectivity index (χ4v) is 3.22. The summed E-state index contributed by atoms with van der Waals surface area (Å²) in [6.07, 6.45) is 3.64. The topological polar surface area (TPSA) is 106 Å². The molecule has 0 spiro atoms. The molecule has 156 valence electrons. The zero-order chi connectivity index (χ0) is 18.7. The quantitative estimate of drug-likeness (QED) is 0.744. The van der Waals surface area contributed by atoms with E-state index in [0.29, 0.717) is 13.1 Å². The largest absolute Gasteiger partial charge is 0.346 e. The Kier molecular flexibility index (Phi) is 9.13. The zero-order valence-corrected chi connectivity index (χ0v) is 17.7. The number of carbonyl (C=O) groups is 2. The number of amides is 2. The first-order chi connectivity index (χ1) is 12.5. The number of fused-ring (bicyclic) bond motifs is 1. The first-order valence-electron chi connectivity index (χ1n) is 9.08. The molecule has 0 aromatic carbocycles. The Morgan fingerprint density at radius 2 is 1.89 bits per heavy atom. The summed E-state index contributed by atoms with van der Waals surface area (Å²) in [6, 6.07) is 5.24. The molecule has 2 aromatic heterocycles. The van der Waals surface area contributed by atoms with Crippen molar-refractivity contribution < 1.29 is 9.59 Å². The van der Waals surface area contributed by atoms with Gasteiger partial charge in [-0.25, -0.2) is 0 Å². The van der Waals surface area contributed by atoms with Gasteiger partial charge in [-0.1, -0.05) is 19.9 Å². The van der Waals surface area contributed by atoms with Crippen molar-refractivity contribution >= 4 is 42.3 Å². The second-order valence-electron chi connectivity index (χ2n) is 7.13. The van der Waals surface area contributed by atoms with Crippen LogP contribution in [0.15, 0.2) is 24.4 Å². The Morgan fingerprint density at radius 1 is 1.21 bits per heavy atom.